The number of para-hydroxylation sites is 2. The Balaban J connectivity index is 1.54. The molecule has 25 heavy (non-hydrogen) atoms. The molecule has 2 aromatic carbocycles. The zero-order valence-corrected chi connectivity index (χ0v) is 14.4. The molecule has 0 fully saturated rings. The lowest BCUT2D eigenvalue weighted by Crippen LogP contribution is -2.37. The molecule has 3 aromatic rings. The standard InChI is InChI=1S/C18H17ClN4O2/c1-23-15-8-3-2-7-14(15)22-16(23)10-20-17(24)11-21-18(25)12-5-4-6-13(19)9-12/h2-9H,10-11H2,1H3,(H,20,24)(H,21,25). The molecule has 0 aliphatic rings. The van der Waals surface area contributed by atoms with Crippen LogP contribution >= 0.6 is 11.6 Å². The van der Waals surface area contributed by atoms with Crippen LogP contribution in [0.1, 0.15) is 16.2 Å². The molecule has 0 unspecified atom stereocenters. The highest BCUT2D eigenvalue weighted by atomic mass is 35.5. The topological polar surface area (TPSA) is 76.0 Å². The van der Waals surface area contributed by atoms with Crippen molar-refractivity contribution in [3.05, 3.63) is 64.9 Å². The molecule has 1 heterocycles. The lowest BCUT2D eigenvalue weighted by atomic mass is 10.2. The minimum atomic E-state index is -0.347. The molecule has 1 aromatic heterocycles. The largest absolute Gasteiger partial charge is 0.347 e. The first-order valence-electron chi connectivity index (χ1n) is 7.75. The first kappa shape index (κ1) is 17.0. The van der Waals surface area contributed by atoms with Gasteiger partial charge in [0.25, 0.3) is 5.91 Å². The van der Waals surface area contributed by atoms with Gasteiger partial charge in [-0.25, -0.2) is 4.98 Å². The number of halogens is 1. The van der Waals surface area contributed by atoms with Crippen molar-refractivity contribution in [3.8, 4) is 0 Å². The summed E-state index contributed by atoms with van der Waals surface area (Å²) in [6, 6.07) is 14.3. The summed E-state index contributed by atoms with van der Waals surface area (Å²) in [5.41, 5.74) is 2.29. The molecule has 0 aliphatic heterocycles. The third-order valence-corrected chi connectivity index (χ3v) is 4.05. The van der Waals surface area contributed by atoms with Crippen molar-refractivity contribution >= 4 is 34.4 Å². The number of amides is 2. The van der Waals surface area contributed by atoms with Crippen LogP contribution in [0.25, 0.3) is 11.0 Å². The molecule has 0 atom stereocenters. The Morgan fingerprint density at radius 2 is 1.92 bits per heavy atom. The zero-order valence-electron chi connectivity index (χ0n) is 13.6. The summed E-state index contributed by atoms with van der Waals surface area (Å²) >= 11 is 5.85. The molecule has 0 aliphatic carbocycles. The Bertz CT molecular complexity index is 936. The molecule has 0 spiro atoms. The maximum atomic E-state index is 12.0. The van der Waals surface area contributed by atoms with Gasteiger partial charge < -0.3 is 15.2 Å². The van der Waals surface area contributed by atoms with Crippen molar-refractivity contribution in [2.24, 2.45) is 7.05 Å². The van der Waals surface area contributed by atoms with Crippen LogP contribution in [-0.4, -0.2) is 27.9 Å². The highest BCUT2D eigenvalue weighted by Crippen LogP contribution is 2.14. The molecule has 0 radical (unpaired) electrons. The minimum absolute atomic E-state index is 0.116. The summed E-state index contributed by atoms with van der Waals surface area (Å²) in [5, 5.41) is 5.79. The van der Waals surface area contributed by atoms with Gasteiger partial charge in [-0.05, 0) is 30.3 Å². The predicted molar refractivity (Wildman–Crippen MR) is 96.3 cm³/mol. The summed E-state index contributed by atoms with van der Waals surface area (Å²) in [4.78, 5) is 28.4. The molecule has 7 heteroatoms. The average molecular weight is 357 g/mol. The maximum Gasteiger partial charge on any atom is 0.251 e. The van der Waals surface area contributed by atoms with E-state index in [1.807, 2.05) is 35.9 Å². The Morgan fingerprint density at radius 3 is 2.68 bits per heavy atom. The van der Waals surface area contributed by atoms with Gasteiger partial charge in [-0.2, -0.15) is 0 Å². The Morgan fingerprint density at radius 1 is 1.12 bits per heavy atom. The number of carbonyl (C=O) groups excluding carboxylic acids is 2. The SMILES string of the molecule is Cn1c(CNC(=O)CNC(=O)c2cccc(Cl)c2)nc2ccccc21. The molecular weight excluding hydrogens is 340 g/mol. The number of imidazole rings is 1. The fourth-order valence-corrected chi connectivity index (χ4v) is 2.68. The van der Waals surface area contributed by atoms with Gasteiger partial charge in [-0.3, -0.25) is 9.59 Å². The molecule has 0 saturated heterocycles. The minimum Gasteiger partial charge on any atom is -0.347 e. The monoisotopic (exact) mass is 356 g/mol. The van der Waals surface area contributed by atoms with Crippen LogP contribution in [0.5, 0.6) is 0 Å². The van der Waals surface area contributed by atoms with Crippen molar-refractivity contribution in [1.29, 1.82) is 0 Å². The van der Waals surface area contributed by atoms with E-state index in [1.54, 1.807) is 24.3 Å². The fourth-order valence-electron chi connectivity index (χ4n) is 2.49. The summed E-state index contributed by atoms with van der Waals surface area (Å²) in [6.07, 6.45) is 0. The second-order valence-electron chi connectivity index (χ2n) is 5.55. The van der Waals surface area contributed by atoms with Gasteiger partial charge in [0.15, 0.2) is 0 Å². The van der Waals surface area contributed by atoms with Gasteiger partial charge in [-0.15, -0.1) is 0 Å². The number of hydrogen-bond acceptors (Lipinski definition) is 3. The number of nitrogens with zero attached hydrogens (tertiary/aromatic N) is 2. The summed E-state index contributed by atoms with van der Waals surface area (Å²) in [5.74, 6) is 0.110. The van der Waals surface area contributed by atoms with Gasteiger partial charge in [0.2, 0.25) is 5.91 Å². The number of hydrogen-bond donors (Lipinski definition) is 2. The van der Waals surface area contributed by atoms with Crippen LogP contribution in [0.4, 0.5) is 0 Å². The number of aryl methyl sites for hydroxylation is 1. The lowest BCUT2D eigenvalue weighted by Gasteiger charge is -2.07. The van der Waals surface area contributed by atoms with Crippen molar-refractivity contribution in [1.82, 2.24) is 20.2 Å². The van der Waals surface area contributed by atoms with E-state index in [-0.39, 0.29) is 24.9 Å². The van der Waals surface area contributed by atoms with Gasteiger partial charge in [-0.1, -0.05) is 29.8 Å². The number of carbonyl (C=O) groups is 2. The summed E-state index contributed by atoms with van der Waals surface area (Å²) < 4.78 is 1.93. The van der Waals surface area contributed by atoms with Crippen LogP contribution in [0.3, 0.4) is 0 Å². The fraction of sp³-hybridized carbons (Fsp3) is 0.167. The molecular formula is C18H17ClN4O2. The van der Waals surface area contributed by atoms with Crippen molar-refractivity contribution in [3.63, 3.8) is 0 Å². The van der Waals surface area contributed by atoms with Crippen LogP contribution in [0.15, 0.2) is 48.5 Å². The normalized spacial score (nSPS) is 10.6. The van der Waals surface area contributed by atoms with E-state index < -0.39 is 0 Å². The second-order valence-corrected chi connectivity index (χ2v) is 5.98. The quantitative estimate of drug-likeness (QED) is 0.736. The lowest BCUT2D eigenvalue weighted by molar-refractivity contribution is -0.120. The van der Waals surface area contributed by atoms with Gasteiger partial charge in [0, 0.05) is 17.6 Å². The molecule has 128 valence electrons. The maximum absolute atomic E-state index is 12.0. The molecule has 3 rings (SSSR count). The second kappa shape index (κ2) is 7.36. The summed E-state index contributed by atoms with van der Waals surface area (Å²) in [6.45, 7) is 0.173. The van der Waals surface area contributed by atoms with Gasteiger partial charge in [0.05, 0.1) is 24.1 Å². The highest BCUT2D eigenvalue weighted by Gasteiger charge is 2.10. The van der Waals surface area contributed by atoms with Crippen molar-refractivity contribution in [2.45, 2.75) is 6.54 Å². The van der Waals surface area contributed by atoms with Gasteiger partial charge in [0.1, 0.15) is 5.82 Å². The van der Waals surface area contributed by atoms with E-state index >= 15 is 0 Å². The number of aromatic nitrogens is 2. The molecule has 0 bridgehead atoms. The molecule has 6 nitrogen and oxygen atoms in total. The Kier molecular flexibility index (Phi) is 5.00. The first-order valence-corrected chi connectivity index (χ1v) is 8.13. The van der Waals surface area contributed by atoms with Crippen LogP contribution in [0, 0.1) is 0 Å². The van der Waals surface area contributed by atoms with E-state index in [4.69, 9.17) is 11.6 Å². The molecule has 0 saturated carbocycles. The number of rotatable bonds is 5. The van der Waals surface area contributed by atoms with Crippen LogP contribution < -0.4 is 10.6 Å². The first-order chi connectivity index (χ1) is 12.0. The third kappa shape index (κ3) is 3.97. The van der Waals surface area contributed by atoms with E-state index in [0.29, 0.717) is 10.6 Å². The Labute approximate surface area is 149 Å². The van der Waals surface area contributed by atoms with E-state index in [9.17, 15) is 9.59 Å². The predicted octanol–water partition coefficient (Wildman–Crippen LogP) is 2.27. The number of nitrogens with one attached hydrogen (secondary N) is 2. The van der Waals surface area contributed by atoms with Crippen LogP contribution in [-0.2, 0) is 18.4 Å². The summed E-state index contributed by atoms with van der Waals surface area (Å²) in [7, 11) is 1.90. The van der Waals surface area contributed by atoms with Gasteiger partial charge >= 0.3 is 0 Å². The average Bonchev–Trinajstić information content (AvgIpc) is 2.94. The highest BCUT2D eigenvalue weighted by molar-refractivity contribution is 6.30. The Hall–Kier alpha value is -2.86. The zero-order chi connectivity index (χ0) is 17.8. The van der Waals surface area contributed by atoms with Crippen LogP contribution in [0.2, 0.25) is 5.02 Å². The smallest absolute Gasteiger partial charge is 0.251 e. The number of benzene rings is 2. The molecule has 2 amide bonds. The van der Waals surface area contributed by atoms with Crippen molar-refractivity contribution in [2.75, 3.05) is 6.54 Å². The molecule has 2 N–H and O–H groups in total. The third-order valence-electron chi connectivity index (χ3n) is 3.82. The van der Waals surface area contributed by atoms with E-state index in [0.717, 1.165) is 16.9 Å². The number of fused-ring (bicyclic) bond motifs is 1. The van der Waals surface area contributed by atoms with E-state index in [1.165, 1.54) is 0 Å². The van der Waals surface area contributed by atoms with Crippen molar-refractivity contribution < 1.29 is 9.59 Å². The van der Waals surface area contributed by atoms with E-state index in [2.05, 4.69) is 15.6 Å².